The average molecular weight is 617 g/mol. The summed E-state index contributed by atoms with van der Waals surface area (Å²) in [4.78, 5) is 39.0. The number of hydrogen-bond donors (Lipinski definition) is 2. The fraction of sp³-hybridized carbons (Fsp3) is 0.237. The zero-order valence-electron chi connectivity index (χ0n) is 25.6. The molecule has 2 aliphatic rings. The number of nitrogens with one attached hydrogen (secondary N) is 1. The van der Waals surface area contributed by atoms with Gasteiger partial charge in [0, 0.05) is 30.4 Å². The highest BCUT2D eigenvalue weighted by molar-refractivity contribution is 6.02. The molecule has 4 aromatic carbocycles. The summed E-state index contributed by atoms with van der Waals surface area (Å²) in [6.07, 6.45) is 0.837. The Kier molecular flexibility index (Phi) is 9.26. The third kappa shape index (κ3) is 6.57. The molecule has 0 aliphatic carbocycles. The molecule has 0 aromatic heterocycles. The summed E-state index contributed by atoms with van der Waals surface area (Å²) in [6, 6.07) is 32.3. The fourth-order valence-electron chi connectivity index (χ4n) is 6.25. The Bertz CT molecular complexity index is 1730. The molecular weight excluding hydrogens is 580 g/mol. The van der Waals surface area contributed by atoms with Crippen molar-refractivity contribution >= 4 is 28.9 Å². The molecule has 2 aliphatic heterocycles. The molecule has 0 bridgehead atoms. The number of ether oxygens (including phenoxy) is 2. The highest BCUT2D eigenvalue weighted by atomic mass is 16.5. The third-order valence-corrected chi connectivity index (χ3v) is 8.37. The van der Waals surface area contributed by atoms with Gasteiger partial charge in [0.1, 0.15) is 11.5 Å². The smallest absolute Gasteiger partial charge is 0.256 e. The maximum absolute atomic E-state index is 13.3. The molecule has 1 atom stereocenters. The van der Waals surface area contributed by atoms with Gasteiger partial charge < -0.3 is 19.5 Å². The van der Waals surface area contributed by atoms with Gasteiger partial charge in [0.2, 0.25) is 11.8 Å². The lowest BCUT2D eigenvalue weighted by atomic mass is 9.88. The number of rotatable bonds is 11. The SMILES string of the molecule is CCC(=C(c1ccc(O)cc1)c1ccc(OCCCOC2c3ccccc3C(=O)N2C2CC(=O)NC(=O)C2)cc1)c1ccccc1. The van der Waals surface area contributed by atoms with Crippen LogP contribution in [0.2, 0.25) is 0 Å². The van der Waals surface area contributed by atoms with E-state index in [1.54, 1.807) is 29.2 Å². The van der Waals surface area contributed by atoms with Crippen molar-refractivity contribution in [3.8, 4) is 11.5 Å². The minimum atomic E-state index is -0.672. The van der Waals surface area contributed by atoms with Crippen molar-refractivity contribution in [2.45, 2.75) is 44.9 Å². The number of allylic oxidation sites excluding steroid dienone is 1. The molecule has 4 aromatic rings. The molecule has 6 rings (SSSR count). The molecule has 8 heteroatoms. The number of imide groups is 1. The Morgan fingerprint density at radius 2 is 1.41 bits per heavy atom. The first kappa shape index (κ1) is 30.8. The van der Waals surface area contributed by atoms with Crippen LogP contribution in [0.3, 0.4) is 0 Å². The summed E-state index contributed by atoms with van der Waals surface area (Å²) >= 11 is 0. The molecule has 1 unspecified atom stereocenters. The van der Waals surface area contributed by atoms with Crippen LogP contribution < -0.4 is 10.1 Å². The van der Waals surface area contributed by atoms with Gasteiger partial charge in [-0.1, -0.05) is 79.7 Å². The molecular formula is C38H36N2O6. The summed E-state index contributed by atoms with van der Waals surface area (Å²) in [6.45, 7) is 2.86. The topological polar surface area (TPSA) is 105 Å². The molecule has 0 saturated carbocycles. The van der Waals surface area contributed by atoms with Gasteiger partial charge >= 0.3 is 0 Å². The van der Waals surface area contributed by atoms with Crippen LogP contribution >= 0.6 is 0 Å². The largest absolute Gasteiger partial charge is 0.508 e. The monoisotopic (exact) mass is 616 g/mol. The van der Waals surface area contributed by atoms with E-state index in [4.69, 9.17) is 9.47 Å². The molecule has 0 spiro atoms. The number of fused-ring (bicyclic) bond motifs is 1. The predicted octanol–water partition coefficient (Wildman–Crippen LogP) is 6.51. The van der Waals surface area contributed by atoms with Crippen molar-refractivity contribution < 1.29 is 29.0 Å². The summed E-state index contributed by atoms with van der Waals surface area (Å²) < 4.78 is 12.3. The average Bonchev–Trinajstić information content (AvgIpc) is 3.35. The maximum Gasteiger partial charge on any atom is 0.256 e. The first-order chi connectivity index (χ1) is 22.4. The van der Waals surface area contributed by atoms with Gasteiger partial charge in [0.05, 0.1) is 19.3 Å². The number of phenolic OH excluding ortho intramolecular Hbond substituents is 1. The van der Waals surface area contributed by atoms with Gasteiger partial charge in [-0.2, -0.15) is 0 Å². The van der Waals surface area contributed by atoms with E-state index < -0.39 is 12.3 Å². The molecule has 2 heterocycles. The highest BCUT2D eigenvalue weighted by Crippen LogP contribution is 2.38. The standard InChI is InChI=1S/C38H36N2O6/c1-2-31(25-9-4-3-5-10-25)36(26-13-17-29(41)18-14-26)27-15-19-30(20-16-27)45-21-8-22-46-38-33-12-7-6-11-32(33)37(44)40(38)28-23-34(42)39-35(43)24-28/h3-7,9-20,28,38,41H,2,8,21-24H2,1H3,(H,39,42,43). The van der Waals surface area contributed by atoms with Crippen molar-refractivity contribution in [1.82, 2.24) is 10.2 Å². The number of nitrogens with zero attached hydrogens (tertiary/aromatic N) is 1. The van der Waals surface area contributed by atoms with E-state index in [1.165, 1.54) is 5.57 Å². The van der Waals surface area contributed by atoms with Crippen LogP contribution in [0.25, 0.3) is 11.1 Å². The molecule has 0 radical (unpaired) electrons. The third-order valence-electron chi connectivity index (χ3n) is 8.37. The number of carbonyl (C=O) groups excluding carboxylic acids is 3. The van der Waals surface area contributed by atoms with E-state index in [1.807, 2.05) is 66.7 Å². The molecule has 8 nitrogen and oxygen atoms in total. The zero-order valence-corrected chi connectivity index (χ0v) is 25.6. The molecule has 1 fully saturated rings. The van der Waals surface area contributed by atoms with Crippen LogP contribution in [0.15, 0.2) is 103 Å². The van der Waals surface area contributed by atoms with Gasteiger partial charge in [-0.25, -0.2) is 0 Å². The van der Waals surface area contributed by atoms with Crippen LogP contribution in [0.4, 0.5) is 0 Å². The number of benzene rings is 4. The van der Waals surface area contributed by atoms with Crippen molar-refractivity contribution in [3.63, 3.8) is 0 Å². The zero-order chi connectivity index (χ0) is 32.0. The number of phenols is 1. The Morgan fingerprint density at radius 1 is 0.783 bits per heavy atom. The van der Waals surface area contributed by atoms with E-state index in [-0.39, 0.29) is 36.3 Å². The van der Waals surface area contributed by atoms with Gasteiger partial charge in [0.25, 0.3) is 5.91 Å². The summed E-state index contributed by atoms with van der Waals surface area (Å²) in [5.41, 5.74) is 6.78. The van der Waals surface area contributed by atoms with Crippen LogP contribution in [0.5, 0.6) is 11.5 Å². The summed E-state index contributed by atoms with van der Waals surface area (Å²) in [5, 5.41) is 12.2. The highest BCUT2D eigenvalue weighted by Gasteiger charge is 2.43. The lowest BCUT2D eigenvalue weighted by Crippen LogP contribution is -2.50. The second kappa shape index (κ2) is 13.8. The Hall–Kier alpha value is -5.21. The van der Waals surface area contributed by atoms with E-state index in [0.29, 0.717) is 25.2 Å². The van der Waals surface area contributed by atoms with Crippen LogP contribution in [0.1, 0.15) is 71.4 Å². The Balaban J connectivity index is 1.12. The number of amides is 3. The van der Waals surface area contributed by atoms with E-state index in [9.17, 15) is 19.5 Å². The van der Waals surface area contributed by atoms with Crippen molar-refractivity contribution in [1.29, 1.82) is 0 Å². The van der Waals surface area contributed by atoms with Gasteiger partial charge in [-0.05, 0) is 64.6 Å². The quantitative estimate of drug-likeness (QED) is 0.113. The number of aromatic hydroxyl groups is 1. The van der Waals surface area contributed by atoms with Gasteiger partial charge in [0.15, 0.2) is 6.23 Å². The van der Waals surface area contributed by atoms with E-state index in [0.717, 1.165) is 40.0 Å². The molecule has 46 heavy (non-hydrogen) atoms. The van der Waals surface area contributed by atoms with Crippen molar-refractivity contribution in [2.24, 2.45) is 0 Å². The first-order valence-electron chi connectivity index (χ1n) is 15.6. The van der Waals surface area contributed by atoms with Gasteiger partial charge in [-0.3, -0.25) is 19.7 Å². The fourth-order valence-corrected chi connectivity index (χ4v) is 6.25. The van der Waals surface area contributed by atoms with E-state index >= 15 is 0 Å². The number of hydrogen-bond acceptors (Lipinski definition) is 6. The number of piperidine rings is 1. The lowest BCUT2D eigenvalue weighted by molar-refractivity contribution is -0.137. The Morgan fingerprint density at radius 3 is 2.09 bits per heavy atom. The first-order valence-corrected chi connectivity index (χ1v) is 15.6. The van der Waals surface area contributed by atoms with Crippen molar-refractivity contribution in [2.75, 3.05) is 13.2 Å². The lowest BCUT2D eigenvalue weighted by Gasteiger charge is -2.34. The van der Waals surface area contributed by atoms with Gasteiger partial charge in [-0.15, -0.1) is 0 Å². The maximum atomic E-state index is 13.3. The minimum absolute atomic E-state index is 0.0547. The predicted molar refractivity (Wildman–Crippen MR) is 175 cm³/mol. The van der Waals surface area contributed by atoms with Crippen LogP contribution in [0, 0.1) is 0 Å². The van der Waals surface area contributed by atoms with Crippen LogP contribution in [-0.4, -0.2) is 47.0 Å². The normalized spacial score (nSPS) is 17.0. The van der Waals surface area contributed by atoms with Crippen molar-refractivity contribution in [3.05, 3.63) is 131 Å². The molecule has 234 valence electrons. The summed E-state index contributed by atoms with van der Waals surface area (Å²) in [5.74, 6) is -0.0637. The second-order valence-corrected chi connectivity index (χ2v) is 11.4. The van der Waals surface area contributed by atoms with Crippen LogP contribution in [-0.2, 0) is 14.3 Å². The number of carbonyl (C=O) groups is 3. The summed E-state index contributed by atoms with van der Waals surface area (Å²) in [7, 11) is 0. The van der Waals surface area contributed by atoms with E-state index in [2.05, 4.69) is 24.4 Å². The molecule has 2 N–H and O–H groups in total. The second-order valence-electron chi connectivity index (χ2n) is 11.4. The minimum Gasteiger partial charge on any atom is -0.508 e. The molecule has 1 saturated heterocycles. The molecule has 3 amide bonds. The Labute approximate surface area is 268 Å².